The first-order valence-electron chi connectivity index (χ1n) is 6.19. The lowest BCUT2D eigenvalue weighted by molar-refractivity contribution is -0.128. The van der Waals surface area contributed by atoms with Gasteiger partial charge in [-0.2, -0.15) is 0 Å². The van der Waals surface area contributed by atoms with Crippen LogP contribution in [0.1, 0.15) is 26.2 Å². The van der Waals surface area contributed by atoms with Gasteiger partial charge in [-0.25, -0.2) is 8.42 Å². The zero-order valence-electron chi connectivity index (χ0n) is 10.4. The summed E-state index contributed by atoms with van der Waals surface area (Å²) in [7, 11) is -3.58. The van der Waals surface area contributed by atoms with Crippen molar-refractivity contribution in [1.29, 1.82) is 0 Å². The first-order chi connectivity index (χ1) is 8.74. The van der Waals surface area contributed by atoms with E-state index >= 15 is 0 Å². The van der Waals surface area contributed by atoms with Gasteiger partial charge in [0.2, 0.25) is 10.0 Å². The number of alkyl halides is 2. The maximum Gasteiger partial charge on any atom is 0.239 e. The van der Waals surface area contributed by atoms with Gasteiger partial charge in [-0.05, 0) is 18.8 Å². The number of hydrogen-bond donors (Lipinski definition) is 0. The number of halogens is 2. The molecule has 2 saturated carbocycles. The molecule has 0 N–H and O–H groups in total. The van der Waals surface area contributed by atoms with Crippen LogP contribution in [-0.4, -0.2) is 36.0 Å². The molecule has 1 saturated heterocycles. The quantitative estimate of drug-likeness (QED) is 0.582. The van der Waals surface area contributed by atoms with Crippen LogP contribution >= 0.6 is 23.2 Å². The molecular weight excluding hydrogens is 313 g/mol. The molecule has 108 valence electrons. The number of hydrogen-bond acceptors (Lipinski definition) is 4. The third-order valence-electron chi connectivity index (χ3n) is 5.19. The Hall–Kier alpha value is 0.120. The van der Waals surface area contributed by atoms with Crippen molar-refractivity contribution in [3.63, 3.8) is 0 Å². The van der Waals surface area contributed by atoms with Gasteiger partial charge in [-0.1, -0.05) is 11.4 Å². The van der Waals surface area contributed by atoms with Gasteiger partial charge in [0, 0.05) is 11.8 Å². The average Bonchev–Trinajstić information content (AvgIpc) is 3.09. The molecule has 1 aliphatic heterocycles. The molecule has 0 amide bonds. The van der Waals surface area contributed by atoms with Crippen molar-refractivity contribution in [2.75, 3.05) is 12.5 Å². The molecule has 3 rings (SSSR count). The van der Waals surface area contributed by atoms with Gasteiger partial charge in [-0.3, -0.25) is 9.63 Å². The summed E-state index contributed by atoms with van der Waals surface area (Å²) >= 11 is 12.2. The Bertz CT molecular complexity index is 533. The molecule has 3 fully saturated rings. The lowest BCUT2D eigenvalue weighted by Crippen LogP contribution is -2.47. The van der Waals surface area contributed by atoms with Gasteiger partial charge in [0.05, 0.1) is 11.2 Å². The van der Waals surface area contributed by atoms with Gasteiger partial charge >= 0.3 is 0 Å². The van der Waals surface area contributed by atoms with Gasteiger partial charge in [0.15, 0.2) is 6.73 Å². The minimum absolute atomic E-state index is 0.0250. The summed E-state index contributed by atoms with van der Waals surface area (Å²) in [6, 6.07) is 0. The number of Topliss-reactive ketones (excluding diaryl/α,β-unsaturated/α-hetero) is 1. The Morgan fingerprint density at radius 3 is 2.63 bits per heavy atom. The van der Waals surface area contributed by atoms with Crippen molar-refractivity contribution in [2.45, 2.75) is 31.0 Å². The van der Waals surface area contributed by atoms with E-state index < -0.39 is 25.7 Å². The van der Waals surface area contributed by atoms with Gasteiger partial charge in [-0.15, -0.1) is 23.2 Å². The number of ketones is 1. The normalized spacial score (nSPS) is 45.2. The van der Waals surface area contributed by atoms with E-state index in [4.69, 9.17) is 28.0 Å². The van der Waals surface area contributed by atoms with Crippen LogP contribution in [0.15, 0.2) is 0 Å². The highest BCUT2D eigenvalue weighted by molar-refractivity contribution is 7.89. The average molecular weight is 328 g/mol. The van der Waals surface area contributed by atoms with Crippen molar-refractivity contribution in [3.05, 3.63) is 0 Å². The van der Waals surface area contributed by atoms with E-state index in [-0.39, 0.29) is 24.2 Å². The van der Waals surface area contributed by atoms with Crippen LogP contribution in [0.2, 0.25) is 0 Å². The summed E-state index contributed by atoms with van der Waals surface area (Å²) in [4.78, 5) is 16.3. The second kappa shape index (κ2) is 4.07. The Balaban J connectivity index is 2.02. The summed E-state index contributed by atoms with van der Waals surface area (Å²) in [6.07, 6.45) is 1.72. The molecule has 0 aromatic heterocycles. The smallest absolute Gasteiger partial charge is 0.239 e. The summed E-state index contributed by atoms with van der Waals surface area (Å²) in [5, 5.41) is 0. The number of rotatable bonds is 4. The molecule has 0 radical (unpaired) electrons. The Kier molecular flexibility index (Phi) is 3.02. The second-order valence-electron chi connectivity index (χ2n) is 5.85. The zero-order valence-corrected chi connectivity index (χ0v) is 12.8. The van der Waals surface area contributed by atoms with Crippen LogP contribution < -0.4 is 0 Å². The standard InChI is InChI=1S/C11H15Cl2NO4S/c1-10(9(12)13)7-2-3-11(10,8(15)4-7)5-19(16,17)14-6-18-14/h7,9H,2-6H2,1H3/t7-,10-,11+,14?/m1/s1. The molecular formula is C11H15Cl2NO4S. The van der Waals surface area contributed by atoms with E-state index in [1.807, 2.05) is 6.92 Å². The van der Waals surface area contributed by atoms with Crippen LogP contribution in [0.25, 0.3) is 0 Å². The van der Waals surface area contributed by atoms with Crippen molar-refractivity contribution in [2.24, 2.45) is 16.7 Å². The fourth-order valence-electron chi connectivity index (χ4n) is 3.82. The molecule has 4 atom stereocenters. The first kappa shape index (κ1) is 14.1. The fourth-order valence-corrected chi connectivity index (χ4v) is 6.34. The maximum atomic E-state index is 12.4. The number of fused-ring (bicyclic) bond motifs is 2. The van der Waals surface area contributed by atoms with Crippen molar-refractivity contribution in [3.8, 4) is 0 Å². The highest BCUT2D eigenvalue weighted by Gasteiger charge is 2.70. The third kappa shape index (κ3) is 1.73. The molecule has 1 heterocycles. The summed E-state index contributed by atoms with van der Waals surface area (Å²) in [6.45, 7) is 1.91. The number of carbonyl (C=O) groups excluding carboxylic acids is 1. The third-order valence-corrected chi connectivity index (χ3v) is 7.79. The highest BCUT2D eigenvalue weighted by atomic mass is 35.5. The molecule has 3 aliphatic rings. The van der Waals surface area contributed by atoms with Crippen LogP contribution in [-0.2, 0) is 19.7 Å². The lowest BCUT2D eigenvalue weighted by atomic mass is 9.70. The number of hydroxylamine groups is 1. The zero-order chi connectivity index (χ0) is 14.1. The van der Waals surface area contributed by atoms with Crippen molar-refractivity contribution >= 4 is 39.0 Å². The molecule has 19 heavy (non-hydrogen) atoms. The molecule has 5 nitrogen and oxygen atoms in total. The van der Waals surface area contributed by atoms with E-state index in [1.165, 1.54) is 0 Å². The van der Waals surface area contributed by atoms with E-state index in [9.17, 15) is 13.2 Å². The molecule has 8 heteroatoms. The van der Waals surface area contributed by atoms with Crippen molar-refractivity contribution in [1.82, 2.24) is 4.47 Å². The van der Waals surface area contributed by atoms with E-state index in [2.05, 4.69) is 0 Å². The Morgan fingerprint density at radius 2 is 2.16 bits per heavy atom. The number of sulfonamides is 1. The van der Waals surface area contributed by atoms with Gasteiger partial charge in [0.25, 0.3) is 0 Å². The Morgan fingerprint density at radius 1 is 1.53 bits per heavy atom. The van der Waals surface area contributed by atoms with E-state index in [1.54, 1.807) is 0 Å². The second-order valence-corrected chi connectivity index (χ2v) is 8.80. The SMILES string of the molecule is C[C@]1(C(Cl)Cl)[C@@H]2CC[C@]1(CS(=O)(=O)N1CO1)C(=O)C2. The highest BCUT2D eigenvalue weighted by Crippen LogP contribution is 2.67. The molecule has 2 aliphatic carbocycles. The predicted molar refractivity (Wildman–Crippen MR) is 70.0 cm³/mol. The number of carbonyl (C=O) groups is 1. The van der Waals surface area contributed by atoms with E-state index in [0.29, 0.717) is 12.8 Å². The molecule has 0 aromatic carbocycles. The minimum atomic E-state index is -3.58. The molecule has 2 bridgehead atoms. The topological polar surface area (TPSA) is 66.8 Å². The van der Waals surface area contributed by atoms with Crippen LogP contribution in [0.5, 0.6) is 0 Å². The number of nitrogens with zero attached hydrogens (tertiary/aromatic N) is 1. The van der Waals surface area contributed by atoms with Crippen LogP contribution in [0.3, 0.4) is 0 Å². The Labute approximate surface area is 122 Å². The summed E-state index contributed by atoms with van der Waals surface area (Å²) in [5.41, 5.74) is -1.63. The van der Waals surface area contributed by atoms with E-state index in [0.717, 1.165) is 10.9 Å². The van der Waals surface area contributed by atoms with Crippen LogP contribution in [0.4, 0.5) is 0 Å². The molecule has 0 aromatic rings. The van der Waals surface area contributed by atoms with Gasteiger partial charge < -0.3 is 0 Å². The minimum Gasteiger partial charge on any atom is -0.299 e. The largest absolute Gasteiger partial charge is 0.299 e. The predicted octanol–water partition coefficient (Wildman–Crippen LogP) is 1.70. The first-order valence-corrected chi connectivity index (χ1v) is 8.67. The summed E-state index contributed by atoms with van der Waals surface area (Å²) < 4.78 is 25.2. The lowest BCUT2D eigenvalue weighted by Gasteiger charge is -2.40. The summed E-state index contributed by atoms with van der Waals surface area (Å²) in [5.74, 6) is -0.199. The fraction of sp³-hybridized carbons (Fsp3) is 0.909. The molecule has 1 unspecified atom stereocenters. The van der Waals surface area contributed by atoms with Gasteiger partial charge in [0.1, 0.15) is 10.6 Å². The maximum absolute atomic E-state index is 12.4. The van der Waals surface area contributed by atoms with Crippen LogP contribution in [0, 0.1) is 16.7 Å². The van der Waals surface area contributed by atoms with Crippen molar-refractivity contribution < 1.29 is 18.0 Å². The monoisotopic (exact) mass is 327 g/mol. The molecule has 0 spiro atoms.